The van der Waals surface area contributed by atoms with Gasteiger partial charge in [0.05, 0.1) is 4.90 Å². The van der Waals surface area contributed by atoms with Gasteiger partial charge < -0.3 is 4.90 Å². The van der Waals surface area contributed by atoms with Crippen molar-refractivity contribution in [1.82, 2.24) is 4.31 Å². The van der Waals surface area contributed by atoms with E-state index in [2.05, 4.69) is 0 Å². The normalized spacial score (nSPS) is 18.1. The zero-order valence-corrected chi connectivity index (χ0v) is 17.8. The number of rotatable bonds is 4. The standard InChI is InChI=1S/C22H28N2O3S/c1-16-8-7-10-19(14-16)23(4)22(25)21-15-20(12-11-17(21)2)28(26,27)24-13-6-5-9-18(24)3/h7-8,10-12,14-15,18H,5-6,9,13H2,1-4H3/t18-/m0/s1. The molecule has 28 heavy (non-hydrogen) atoms. The SMILES string of the molecule is Cc1cccc(N(C)C(=O)c2cc(S(=O)(=O)N3CCCC[C@@H]3C)ccc2C)c1. The number of sulfonamides is 1. The van der Waals surface area contributed by atoms with Gasteiger partial charge in [-0.2, -0.15) is 4.31 Å². The first-order valence-corrected chi connectivity index (χ1v) is 11.1. The fourth-order valence-corrected chi connectivity index (χ4v) is 5.42. The van der Waals surface area contributed by atoms with Crippen LogP contribution in [0, 0.1) is 13.8 Å². The molecule has 1 amide bonds. The number of piperidine rings is 1. The van der Waals surface area contributed by atoms with E-state index in [-0.39, 0.29) is 16.8 Å². The lowest BCUT2D eigenvalue weighted by atomic mass is 10.1. The molecule has 0 radical (unpaired) electrons. The van der Waals surface area contributed by atoms with Crippen LogP contribution in [0.4, 0.5) is 5.69 Å². The number of amides is 1. The molecule has 0 saturated carbocycles. The van der Waals surface area contributed by atoms with Crippen LogP contribution in [0.25, 0.3) is 0 Å². The first-order valence-electron chi connectivity index (χ1n) is 9.69. The molecule has 0 aromatic heterocycles. The molecule has 1 fully saturated rings. The van der Waals surface area contributed by atoms with E-state index in [4.69, 9.17) is 0 Å². The summed E-state index contributed by atoms with van der Waals surface area (Å²) < 4.78 is 27.9. The topological polar surface area (TPSA) is 57.7 Å². The highest BCUT2D eigenvalue weighted by atomic mass is 32.2. The van der Waals surface area contributed by atoms with Gasteiger partial charge in [-0.1, -0.05) is 24.6 Å². The van der Waals surface area contributed by atoms with Crippen LogP contribution in [0.2, 0.25) is 0 Å². The van der Waals surface area contributed by atoms with Crippen LogP contribution in [0.15, 0.2) is 47.4 Å². The molecule has 3 rings (SSSR count). The Labute approximate surface area is 168 Å². The monoisotopic (exact) mass is 400 g/mol. The number of hydrogen-bond acceptors (Lipinski definition) is 3. The molecule has 1 aliphatic rings. The van der Waals surface area contributed by atoms with Gasteiger partial charge in [-0.05, 0) is 69.0 Å². The Balaban J connectivity index is 1.96. The largest absolute Gasteiger partial charge is 0.311 e. The Kier molecular flexibility index (Phi) is 5.91. The molecule has 2 aromatic rings. The molecule has 150 valence electrons. The second-order valence-electron chi connectivity index (χ2n) is 7.64. The summed E-state index contributed by atoms with van der Waals surface area (Å²) in [5.74, 6) is -0.216. The van der Waals surface area contributed by atoms with Crippen molar-refractivity contribution in [2.75, 3.05) is 18.5 Å². The molecule has 1 heterocycles. The predicted octanol–water partition coefficient (Wildman–Crippen LogP) is 4.14. The second kappa shape index (κ2) is 8.05. The summed E-state index contributed by atoms with van der Waals surface area (Å²) in [4.78, 5) is 14.9. The predicted molar refractivity (Wildman–Crippen MR) is 112 cm³/mol. The summed E-state index contributed by atoms with van der Waals surface area (Å²) in [6.45, 7) is 6.28. The fraction of sp³-hybridized carbons (Fsp3) is 0.409. The quantitative estimate of drug-likeness (QED) is 0.775. The van der Waals surface area contributed by atoms with E-state index in [1.165, 1.54) is 6.07 Å². The molecule has 0 bridgehead atoms. The number of carbonyl (C=O) groups is 1. The van der Waals surface area contributed by atoms with Gasteiger partial charge in [0.25, 0.3) is 5.91 Å². The van der Waals surface area contributed by atoms with Crippen LogP contribution in [0.5, 0.6) is 0 Å². The lowest BCUT2D eigenvalue weighted by Gasteiger charge is -2.32. The van der Waals surface area contributed by atoms with Gasteiger partial charge in [0.15, 0.2) is 0 Å². The summed E-state index contributed by atoms with van der Waals surface area (Å²) in [5.41, 5.74) is 3.01. The van der Waals surface area contributed by atoms with Gasteiger partial charge in [-0.25, -0.2) is 8.42 Å². The van der Waals surface area contributed by atoms with Crippen molar-refractivity contribution < 1.29 is 13.2 Å². The molecule has 2 aromatic carbocycles. The maximum atomic E-state index is 13.2. The third-order valence-corrected chi connectivity index (χ3v) is 7.49. The Hall–Kier alpha value is -2.18. The minimum Gasteiger partial charge on any atom is -0.311 e. The van der Waals surface area contributed by atoms with Gasteiger partial charge in [0, 0.05) is 30.9 Å². The highest BCUT2D eigenvalue weighted by Crippen LogP contribution is 2.27. The van der Waals surface area contributed by atoms with Gasteiger partial charge in [0.2, 0.25) is 10.0 Å². The molecular weight excluding hydrogens is 372 g/mol. The molecule has 1 saturated heterocycles. The maximum absolute atomic E-state index is 13.2. The lowest BCUT2D eigenvalue weighted by Crippen LogP contribution is -2.42. The van der Waals surface area contributed by atoms with E-state index in [0.29, 0.717) is 12.1 Å². The number of hydrogen-bond donors (Lipinski definition) is 0. The third-order valence-electron chi connectivity index (χ3n) is 5.48. The summed E-state index contributed by atoms with van der Waals surface area (Å²) in [6.07, 6.45) is 2.79. The van der Waals surface area contributed by atoms with E-state index >= 15 is 0 Å². The Morgan fingerprint density at radius 2 is 1.86 bits per heavy atom. The molecule has 1 atom stereocenters. The number of carbonyl (C=O) groups excluding carboxylic acids is 1. The Bertz CT molecular complexity index is 985. The molecule has 0 aliphatic carbocycles. The van der Waals surface area contributed by atoms with Crippen molar-refractivity contribution in [3.63, 3.8) is 0 Å². The summed E-state index contributed by atoms with van der Waals surface area (Å²) in [5, 5.41) is 0. The average Bonchev–Trinajstić information content (AvgIpc) is 2.67. The highest BCUT2D eigenvalue weighted by molar-refractivity contribution is 7.89. The molecule has 0 spiro atoms. The Morgan fingerprint density at radius 1 is 1.11 bits per heavy atom. The molecule has 6 heteroatoms. The zero-order valence-electron chi connectivity index (χ0n) is 17.0. The summed E-state index contributed by atoms with van der Waals surface area (Å²) in [6, 6.07) is 12.5. The minimum atomic E-state index is -3.62. The Morgan fingerprint density at radius 3 is 2.54 bits per heavy atom. The molecule has 1 aliphatic heterocycles. The van der Waals surface area contributed by atoms with Gasteiger partial charge in [-0.3, -0.25) is 4.79 Å². The van der Waals surface area contributed by atoms with E-state index < -0.39 is 10.0 Å². The summed E-state index contributed by atoms with van der Waals surface area (Å²) in [7, 11) is -1.91. The fourth-order valence-electron chi connectivity index (χ4n) is 3.69. The number of aryl methyl sites for hydroxylation is 2. The highest BCUT2D eigenvalue weighted by Gasteiger charge is 2.31. The van der Waals surface area contributed by atoms with Crippen LogP contribution >= 0.6 is 0 Å². The van der Waals surface area contributed by atoms with E-state index in [1.54, 1.807) is 28.4 Å². The van der Waals surface area contributed by atoms with Crippen LogP contribution < -0.4 is 4.90 Å². The van der Waals surface area contributed by atoms with Crippen LogP contribution in [-0.2, 0) is 10.0 Å². The third kappa shape index (κ3) is 3.98. The average molecular weight is 401 g/mol. The lowest BCUT2D eigenvalue weighted by molar-refractivity contribution is 0.0992. The molecule has 5 nitrogen and oxygen atoms in total. The number of anilines is 1. The van der Waals surface area contributed by atoms with Crippen LogP contribution in [0.1, 0.15) is 47.7 Å². The van der Waals surface area contributed by atoms with Gasteiger partial charge >= 0.3 is 0 Å². The van der Waals surface area contributed by atoms with Gasteiger partial charge in [0.1, 0.15) is 0 Å². The smallest absolute Gasteiger partial charge is 0.258 e. The van der Waals surface area contributed by atoms with Crippen molar-refractivity contribution in [2.24, 2.45) is 0 Å². The van der Waals surface area contributed by atoms with E-state index in [9.17, 15) is 13.2 Å². The number of nitrogens with zero attached hydrogens (tertiary/aromatic N) is 2. The van der Waals surface area contributed by atoms with E-state index in [1.807, 2.05) is 45.0 Å². The molecule has 0 unspecified atom stereocenters. The molecule has 0 N–H and O–H groups in total. The first kappa shape index (κ1) is 20.6. The van der Waals surface area contributed by atoms with Crippen molar-refractivity contribution >= 4 is 21.6 Å². The second-order valence-corrected chi connectivity index (χ2v) is 9.53. The zero-order chi connectivity index (χ0) is 20.5. The van der Waals surface area contributed by atoms with Crippen molar-refractivity contribution in [3.05, 3.63) is 59.2 Å². The summed E-state index contributed by atoms with van der Waals surface area (Å²) >= 11 is 0. The maximum Gasteiger partial charge on any atom is 0.258 e. The number of benzene rings is 2. The van der Waals surface area contributed by atoms with Crippen molar-refractivity contribution in [2.45, 2.75) is 51.0 Å². The van der Waals surface area contributed by atoms with Crippen LogP contribution in [-0.4, -0.2) is 38.3 Å². The molecular formula is C22H28N2O3S. The van der Waals surface area contributed by atoms with Gasteiger partial charge in [-0.15, -0.1) is 0 Å². The first-order chi connectivity index (χ1) is 13.2. The van der Waals surface area contributed by atoms with Crippen molar-refractivity contribution in [3.8, 4) is 0 Å². The minimum absolute atomic E-state index is 0.0193. The van der Waals surface area contributed by atoms with E-state index in [0.717, 1.165) is 36.1 Å². The van der Waals surface area contributed by atoms with Crippen molar-refractivity contribution in [1.29, 1.82) is 0 Å². The van der Waals surface area contributed by atoms with Crippen LogP contribution in [0.3, 0.4) is 0 Å².